The van der Waals surface area contributed by atoms with E-state index in [2.05, 4.69) is 15.0 Å². The summed E-state index contributed by atoms with van der Waals surface area (Å²) in [6, 6.07) is 17.3. The molecular weight excluding hydrogens is 388 g/mol. The predicted octanol–water partition coefficient (Wildman–Crippen LogP) is 3.17. The van der Waals surface area contributed by atoms with Crippen molar-refractivity contribution in [3.8, 4) is 11.4 Å². The summed E-state index contributed by atoms with van der Waals surface area (Å²) in [7, 11) is -3.46. The second kappa shape index (κ2) is 8.18. The predicted molar refractivity (Wildman–Crippen MR) is 113 cm³/mol. The minimum Gasteiger partial charge on any atom is -0.368 e. The molecule has 0 radical (unpaired) electrons. The van der Waals surface area contributed by atoms with Gasteiger partial charge >= 0.3 is 0 Å². The Hall–Kier alpha value is -2.97. The summed E-state index contributed by atoms with van der Waals surface area (Å²) in [4.78, 5) is 6.48. The number of aromatic nitrogens is 2. The fourth-order valence-electron chi connectivity index (χ4n) is 3.35. The lowest BCUT2D eigenvalue weighted by atomic mass is 10.1. The maximum Gasteiger partial charge on any atom is 0.236 e. The van der Waals surface area contributed by atoms with Crippen molar-refractivity contribution in [3.63, 3.8) is 0 Å². The first-order valence-electron chi connectivity index (χ1n) is 9.41. The van der Waals surface area contributed by atoms with Crippen LogP contribution in [0.15, 0.2) is 64.5 Å². The molecule has 1 aliphatic rings. The SMILES string of the molecule is Cc1nc(-c2ccccc2N2CCN(S(=O)(=O)C=Cc3ccccc3)CC2)no1. The smallest absolute Gasteiger partial charge is 0.236 e. The van der Waals surface area contributed by atoms with Crippen molar-refractivity contribution in [2.45, 2.75) is 6.92 Å². The van der Waals surface area contributed by atoms with Crippen molar-refractivity contribution < 1.29 is 12.9 Å². The molecule has 2 heterocycles. The zero-order valence-electron chi connectivity index (χ0n) is 16.1. The molecule has 7 nitrogen and oxygen atoms in total. The van der Waals surface area contributed by atoms with Gasteiger partial charge in [0.05, 0.1) is 0 Å². The molecule has 1 aromatic heterocycles. The Morgan fingerprint density at radius 3 is 2.34 bits per heavy atom. The van der Waals surface area contributed by atoms with Crippen molar-refractivity contribution in [3.05, 3.63) is 71.5 Å². The Kier molecular flexibility index (Phi) is 5.46. The number of benzene rings is 2. The van der Waals surface area contributed by atoms with E-state index in [9.17, 15) is 8.42 Å². The summed E-state index contributed by atoms with van der Waals surface area (Å²) in [5, 5.41) is 5.31. The van der Waals surface area contributed by atoms with Crippen LogP contribution in [0.25, 0.3) is 17.5 Å². The van der Waals surface area contributed by atoms with E-state index < -0.39 is 10.0 Å². The molecule has 2 aromatic carbocycles. The second-order valence-corrected chi connectivity index (χ2v) is 8.62. The van der Waals surface area contributed by atoms with Gasteiger partial charge < -0.3 is 9.42 Å². The van der Waals surface area contributed by atoms with Crippen LogP contribution in [0.5, 0.6) is 0 Å². The number of aryl methyl sites for hydroxylation is 1. The maximum absolute atomic E-state index is 12.7. The van der Waals surface area contributed by atoms with Gasteiger partial charge in [0.15, 0.2) is 0 Å². The molecule has 0 saturated carbocycles. The number of nitrogens with zero attached hydrogens (tertiary/aromatic N) is 4. The summed E-state index contributed by atoms with van der Waals surface area (Å²) in [6.45, 7) is 3.77. The van der Waals surface area contributed by atoms with Crippen LogP contribution in [0.3, 0.4) is 0 Å². The molecule has 29 heavy (non-hydrogen) atoms. The molecule has 1 aliphatic heterocycles. The lowest BCUT2D eigenvalue weighted by Crippen LogP contribution is -2.48. The van der Waals surface area contributed by atoms with Crippen molar-refractivity contribution in [2.24, 2.45) is 0 Å². The van der Waals surface area contributed by atoms with Gasteiger partial charge in [-0.1, -0.05) is 47.6 Å². The van der Waals surface area contributed by atoms with E-state index in [0.717, 1.165) is 16.8 Å². The number of hydrogen-bond donors (Lipinski definition) is 0. The van der Waals surface area contributed by atoms with Crippen LogP contribution in [0, 0.1) is 6.92 Å². The molecular formula is C21H22N4O3S. The quantitative estimate of drug-likeness (QED) is 0.643. The Labute approximate surface area is 170 Å². The zero-order valence-corrected chi connectivity index (χ0v) is 16.9. The number of rotatable bonds is 5. The number of anilines is 1. The van der Waals surface area contributed by atoms with Crippen LogP contribution in [-0.4, -0.2) is 49.0 Å². The average molecular weight is 410 g/mol. The van der Waals surface area contributed by atoms with E-state index in [1.807, 2.05) is 54.6 Å². The third-order valence-corrected chi connectivity index (χ3v) is 6.41. The zero-order chi connectivity index (χ0) is 20.3. The molecule has 0 spiro atoms. The summed E-state index contributed by atoms with van der Waals surface area (Å²) in [6.07, 6.45) is 1.63. The minimum atomic E-state index is -3.46. The largest absolute Gasteiger partial charge is 0.368 e. The Morgan fingerprint density at radius 2 is 1.66 bits per heavy atom. The van der Waals surface area contributed by atoms with Gasteiger partial charge in [0.1, 0.15) is 0 Å². The van der Waals surface area contributed by atoms with E-state index in [0.29, 0.717) is 37.9 Å². The van der Waals surface area contributed by atoms with Crippen LogP contribution in [0.1, 0.15) is 11.5 Å². The molecule has 0 amide bonds. The van der Waals surface area contributed by atoms with Crippen LogP contribution in [0.4, 0.5) is 5.69 Å². The average Bonchev–Trinajstić information content (AvgIpc) is 3.19. The highest BCUT2D eigenvalue weighted by atomic mass is 32.2. The first kappa shape index (κ1) is 19.4. The molecule has 4 rings (SSSR count). The molecule has 0 unspecified atom stereocenters. The molecule has 1 saturated heterocycles. The standard InChI is InChI=1S/C21H22N4O3S/c1-17-22-21(23-28-17)19-9-5-6-10-20(19)24-12-14-25(15-13-24)29(26,27)16-11-18-7-3-2-4-8-18/h2-11,16H,12-15H2,1H3. The highest BCUT2D eigenvalue weighted by Gasteiger charge is 2.26. The maximum atomic E-state index is 12.7. The monoisotopic (exact) mass is 410 g/mol. The molecule has 0 bridgehead atoms. The van der Waals surface area contributed by atoms with Crippen molar-refractivity contribution in [2.75, 3.05) is 31.1 Å². The number of hydrogen-bond acceptors (Lipinski definition) is 6. The summed E-state index contributed by atoms with van der Waals surface area (Å²) >= 11 is 0. The Balaban J connectivity index is 1.47. The molecule has 3 aromatic rings. The van der Waals surface area contributed by atoms with E-state index in [1.165, 1.54) is 9.71 Å². The molecule has 0 aliphatic carbocycles. The van der Waals surface area contributed by atoms with Crippen LogP contribution in [0.2, 0.25) is 0 Å². The third-order valence-electron chi connectivity index (χ3n) is 4.84. The Bertz CT molecular complexity index is 1100. The van der Waals surface area contributed by atoms with Gasteiger partial charge in [-0.05, 0) is 23.8 Å². The lowest BCUT2D eigenvalue weighted by Gasteiger charge is -2.35. The van der Waals surface area contributed by atoms with E-state index in [4.69, 9.17) is 4.52 Å². The highest BCUT2D eigenvalue weighted by Crippen LogP contribution is 2.30. The van der Waals surface area contributed by atoms with Gasteiger partial charge in [-0.2, -0.15) is 9.29 Å². The number of sulfonamides is 1. The normalized spacial score (nSPS) is 15.8. The molecule has 1 fully saturated rings. The highest BCUT2D eigenvalue weighted by molar-refractivity contribution is 7.92. The molecule has 150 valence electrons. The first-order valence-corrected chi connectivity index (χ1v) is 10.9. The van der Waals surface area contributed by atoms with E-state index >= 15 is 0 Å². The van der Waals surface area contributed by atoms with Gasteiger partial charge in [-0.15, -0.1) is 0 Å². The lowest BCUT2D eigenvalue weighted by molar-refractivity contribution is 0.390. The van der Waals surface area contributed by atoms with E-state index in [-0.39, 0.29) is 0 Å². The van der Waals surface area contributed by atoms with Gasteiger partial charge in [-0.3, -0.25) is 0 Å². The van der Waals surface area contributed by atoms with Crippen LogP contribution in [-0.2, 0) is 10.0 Å². The summed E-state index contributed by atoms with van der Waals surface area (Å²) < 4.78 is 32.0. The first-order chi connectivity index (χ1) is 14.0. The number of piperazine rings is 1. The van der Waals surface area contributed by atoms with Gasteiger partial charge in [0.2, 0.25) is 21.7 Å². The summed E-state index contributed by atoms with van der Waals surface area (Å²) in [5.41, 5.74) is 2.72. The van der Waals surface area contributed by atoms with Gasteiger partial charge in [0, 0.05) is 49.8 Å². The van der Waals surface area contributed by atoms with Crippen molar-refractivity contribution >= 4 is 21.8 Å². The summed E-state index contributed by atoms with van der Waals surface area (Å²) in [5.74, 6) is 1.05. The minimum absolute atomic E-state index is 0.418. The second-order valence-electron chi connectivity index (χ2n) is 6.80. The fraction of sp³-hybridized carbons (Fsp3) is 0.238. The van der Waals surface area contributed by atoms with Gasteiger partial charge in [-0.25, -0.2) is 8.42 Å². The molecule has 8 heteroatoms. The molecule has 0 atom stereocenters. The van der Waals surface area contributed by atoms with Crippen molar-refractivity contribution in [1.82, 2.24) is 14.4 Å². The Morgan fingerprint density at radius 1 is 0.966 bits per heavy atom. The molecule has 0 N–H and O–H groups in total. The number of para-hydroxylation sites is 1. The van der Waals surface area contributed by atoms with E-state index in [1.54, 1.807) is 13.0 Å². The third kappa shape index (κ3) is 4.38. The fourth-order valence-corrected chi connectivity index (χ4v) is 4.52. The van der Waals surface area contributed by atoms with Gasteiger partial charge in [0.25, 0.3) is 0 Å². The topological polar surface area (TPSA) is 79.5 Å². The van der Waals surface area contributed by atoms with Crippen molar-refractivity contribution in [1.29, 1.82) is 0 Å². The van der Waals surface area contributed by atoms with Crippen LogP contribution < -0.4 is 4.90 Å². The van der Waals surface area contributed by atoms with Crippen LogP contribution >= 0.6 is 0 Å².